The second-order valence-corrected chi connectivity index (χ2v) is 8.52. The maximum Gasteiger partial charge on any atom is 0.262 e. The zero-order chi connectivity index (χ0) is 18.5. The van der Waals surface area contributed by atoms with Crippen LogP contribution in [0.15, 0.2) is 41.3 Å². The van der Waals surface area contributed by atoms with E-state index in [0.717, 1.165) is 30.2 Å². The summed E-state index contributed by atoms with van der Waals surface area (Å²) in [7, 11) is -3.89. The predicted molar refractivity (Wildman–Crippen MR) is 97.2 cm³/mol. The third kappa shape index (κ3) is 3.07. The summed E-state index contributed by atoms with van der Waals surface area (Å²) in [5, 5.41) is 0. The molecule has 1 saturated carbocycles. The van der Waals surface area contributed by atoms with Crippen molar-refractivity contribution in [2.24, 2.45) is 5.92 Å². The summed E-state index contributed by atoms with van der Waals surface area (Å²) >= 11 is 0. The van der Waals surface area contributed by atoms with Crippen LogP contribution in [0.1, 0.15) is 24.0 Å². The van der Waals surface area contributed by atoms with Crippen LogP contribution in [0.3, 0.4) is 0 Å². The number of carbonyl (C=O) groups excluding carboxylic acids is 1. The highest BCUT2D eigenvalue weighted by molar-refractivity contribution is 7.92. The summed E-state index contributed by atoms with van der Waals surface area (Å²) in [6, 6.07) is 8.86. The number of hydrogen-bond donors (Lipinski definition) is 1. The van der Waals surface area contributed by atoms with Crippen molar-refractivity contribution in [3.63, 3.8) is 0 Å². The van der Waals surface area contributed by atoms with E-state index in [9.17, 15) is 17.6 Å². The van der Waals surface area contributed by atoms with Crippen LogP contribution in [-0.4, -0.2) is 20.9 Å². The average Bonchev–Trinajstić information content (AvgIpc) is 3.36. The molecule has 4 rings (SSSR count). The summed E-state index contributed by atoms with van der Waals surface area (Å²) in [6.07, 6.45) is 2.60. The molecule has 1 aliphatic heterocycles. The first-order valence-corrected chi connectivity index (χ1v) is 10.1. The van der Waals surface area contributed by atoms with Crippen LogP contribution >= 0.6 is 0 Å². The van der Waals surface area contributed by atoms with Gasteiger partial charge in [0.1, 0.15) is 5.82 Å². The normalized spacial score (nSPS) is 16.5. The highest BCUT2D eigenvalue weighted by atomic mass is 32.2. The topological polar surface area (TPSA) is 66.5 Å². The molecule has 5 nitrogen and oxygen atoms in total. The number of fused-ring (bicyclic) bond motifs is 1. The number of benzene rings is 2. The molecule has 1 amide bonds. The Morgan fingerprint density at radius 3 is 2.69 bits per heavy atom. The Balaban J connectivity index is 1.60. The Morgan fingerprint density at radius 1 is 1.19 bits per heavy atom. The molecule has 0 radical (unpaired) electrons. The van der Waals surface area contributed by atoms with E-state index in [1.807, 2.05) is 0 Å². The SMILES string of the molecule is Cc1ccc(F)cc1S(=O)(=O)Nc1ccc2c(c1)CCN2C(=O)C1CC1. The van der Waals surface area contributed by atoms with Crippen molar-refractivity contribution >= 4 is 27.3 Å². The van der Waals surface area contributed by atoms with Gasteiger partial charge in [-0.2, -0.15) is 0 Å². The minimum absolute atomic E-state index is 0.0801. The fourth-order valence-electron chi connectivity index (χ4n) is 3.32. The van der Waals surface area contributed by atoms with E-state index < -0.39 is 15.8 Å². The van der Waals surface area contributed by atoms with Crippen LogP contribution in [0, 0.1) is 18.7 Å². The number of nitrogens with zero attached hydrogens (tertiary/aromatic N) is 1. The lowest BCUT2D eigenvalue weighted by atomic mass is 10.1. The van der Waals surface area contributed by atoms with E-state index in [1.165, 1.54) is 12.1 Å². The van der Waals surface area contributed by atoms with Crippen molar-refractivity contribution in [2.75, 3.05) is 16.2 Å². The zero-order valence-corrected chi connectivity index (χ0v) is 15.1. The number of nitrogens with one attached hydrogen (secondary N) is 1. The molecule has 0 aromatic heterocycles. The highest BCUT2D eigenvalue weighted by Gasteiger charge is 2.36. The van der Waals surface area contributed by atoms with Crippen molar-refractivity contribution in [3.8, 4) is 0 Å². The second-order valence-electron chi connectivity index (χ2n) is 6.87. The Morgan fingerprint density at radius 2 is 1.96 bits per heavy atom. The molecule has 136 valence electrons. The van der Waals surface area contributed by atoms with E-state index in [1.54, 1.807) is 30.0 Å². The van der Waals surface area contributed by atoms with Crippen molar-refractivity contribution in [2.45, 2.75) is 31.1 Å². The molecule has 2 aromatic rings. The van der Waals surface area contributed by atoms with E-state index in [0.29, 0.717) is 24.2 Å². The van der Waals surface area contributed by atoms with Gasteiger partial charge in [0.15, 0.2) is 0 Å². The summed E-state index contributed by atoms with van der Waals surface area (Å²) in [5.74, 6) is -0.290. The molecule has 1 aliphatic carbocycles. The fraction of sp³-hybridized carbons (Fsp3) is 0.316. The van der Waals surface area contributed by atoms with Crippen LogP contribution in [-0.2, 0) is 21.2 Å². The molecule has 2 aromatic carbocycles. The molecule has 1 heterocycles. The highest BCUT2D eigenvalue weighted by Crippen LogP contribution is 2.37. The smallest absolute Gasteiger partial charge is 0.262 e. The van der Waals surface area contributed by atoms with Crippen molar-refractivity contribution in [3.05, 3.63) is 53.3 Å². The van der Waals surface area contributed by atoms with Crippen LogP contribution in [0.25, 0.3) is 0 Å². The molecule has 1 N–H and O–H groups in total. The van der Waals surface area contributed by atoms with Gasteiger partial charge in [-0.15, -0.1) is 0 Å². The lowest BCUT2D eigenvalue weighted by Gasteiger charge is -2.17. The summed E-state index contributed by atoms with van der Waals surface area (Å²) in [5.41, 5.74) is 2.68. The average molecular weight is 374 g/mol. The Hall–Kier alpha value is -2.41. The number of anilines is 2. The summed E-state index contributed by atoms with van der Waals surface area (Å²) in [4.78, 5) is 14.0. The summed E-state index contributed by atoms with van der Waals surface area (Å²) < 4.78 is 41.2. The van der Waals surface area contributed by atoms with Crippen molar-refractivity contribution in [1.29, 1.82) is 0 Å². The van der Waals surface area contributed by atoms with Crippen LogP contribution < -0.4 is 9.62 Å². The van der Waals surface area contributed by atoms with Gasteiger partial charge in [0.25, 0.3) is 10.0 Å². The van der Waals surface area contributed by atoms with Gasteiger partial charge >= 0.3 is 0 Å². The van der Waals surface area contributed by atoms with Gasteiger partial charge in [-0.3, -0.25) is 9.52 Å². The van der Waals surface area contributed by atoms with Crippen molar-refractivity contribution in [1.82, 2.24) is 0 Å². The number of hydrogen-bond acceptors (Lipinski definition) is 3. The third-order valence-electron chi connectivity index (χ3n) is 4.86. The van der Waals surface area contributed by atoms with E-state index in [2.05, 4.69) is 4.72 Å². The minimum Gasteiger partial charge on any atom is -0.312 e. The first-order valence-electron chi connectivity index (χ1n) is 8.58. The van der Waals surface area contributed by atoms with Gasteiger partial charge in [-0.1, -0.05) is 6.07 Å². The van der Waals surface area contributed by atoms with Crippen LogP contribution in [0.2, 0.25) is 0 Å². The molecule has 0 atom stereocenters. The summed E-state index contributed by atoms with van der Waals surface area (Å²) in [6.45, 7) is 2.25. The Kier molecular flexibility index (Phi) is 3.99. The Bertz CT molecular complexity index is 1000. The Labute approximate surface area is 151 Å². The number of carbonyl (C=O) groups is 1. The zero-order valence-electron chi connectivity index (χ0n) is 14.3. The van der Waals surface area contributed by atoms with E-state index in [-0.39, 0.29) is 16.7 Å². The first kappa shape index (κ1) is 17.0. The number of sulfonamides is 1. The minimum atomic E-state index is -3.89. The number of rotatable bonds is 4. The molecule has 0 saturated heterocycles. The third-order valence-corrected chi connectivity index (χ3v) is 6.38. The van der Waals surface area contributed by atoms with Crippen LogP contribution in [0.5, 0.6) is 0 Å². The number of aryl methyl sites for hydroxylation is 1. The molecular formula is C19H19FN2O3S. The molecular weight excluding hydrogens is 355 g/mol. The second kappa shape index (κ2) is 6.09. The molecule has 2 aliphatic rings. The molecule has 0 unspecified atom stereocenters. The molecule has 0 bridgehead atoms. The van der Waals surface area contributed by atoms with Gasteiger partial charge in [-0.05, 0) is 67.6 Å². The largest absolute Gasteiger partial charge is 0.312 e. The predicted octanol–water partition coefficient (Wildman–Crippen LogP) is 3.23. The monoisotopic (exact) mass is 374 g/mol. The first-order chi connectivity index (χ1) is 12.3. The van der Waals surface area contributed by atoms with Gasteiger partial charge in [0.2, 0.25) is 5.91 Å². The van der Waals surface area contributed by atoms with E-state index in [4.69, 9.17) is 0 Å². The van der Waals surface area contributed by atoms with Crippen molar-refractivity contribution < 1.29 is 17.6 Å². The van der Waals surface area contributed by atoms with E-state index >= 15 is 0 Å². The lowest BCUT2D eigenvalue weighted by molar-refractivity contribution is -0.119. The van der Waals surface area contributed by atoms with Gasteiger partial charge in [0, 0.05) is 23.8 Å². The number of amides is 1. The maximum absolute atomic E-state index is 13.5. The fourth-order valence-corrected chi connectivity index (χ4v) is 4.63. The molecule has 7 heteroatoms. The number of halogens is 1. The quantitative estimate of drug-likeness (QED) is 0.893. The molecule has 1 fully saturated rings. The molecule has 26 heavy (non-hydrogen) atoms. The molecule has 0 spiro atoms. The van der Waals surface area contributed by atoms with Gasteiger partial charge in [-0.25, -0.2) is 12.8 Å². The maximum atomic E-state index is 13.5. The van der Waals surface area contributed by atoms with Crippen LogP contribution in [0.4, 0.5) is 15.8 Å². The lowest BCUT2D eigenvalue weighted by Crippen LogP contribution is -2.30. The van der Waals surface area contributed by atoms with Gasteiger partial charge < -0.3 is 4.90 Å². The van der Waals surface area contributed by atoms with Gasteiger partial charge in [0.05, 0.1) is 4.90 Å². The standard InChI is InChI=1S/C19H19FN2O3S/c1-12-2-5-15(20)11-18(12)26(24,25)21-16-6-7-17-14(10-16)8-9-22(17)19(23)13-3-4-13/h2,5-7,10-11,13,21H,3-4,8-9H2,1H3.